The summed E-state index contributed by atoms with van der Waals surface area (Å²) in [5.41, 5.74) is 6.69. The van der Waals surface area contributed by atoms with E-state index >= 15 is 0 Å². The number of primary amides is 1. The standard InChI is InChI=1S/C26H30F2N4O6S/c1-36-17-4-7-22(20(28)14-17)38-16-8-11-31(12-9-16)21-6-5-18(39(3,34)35)15-19(21)24-23(25(29)33)26(37-2)30-32(24)13-10-27/h4-7,14-16H,8-13H2,1-3H3,(H2,29,33). The van der Waals surface area contributed by atoms with Crippen LogP contribution in [0, 0.1) is 5.82 Å². The molecular formula is C26H30F2N4O6S. The zero-order valence-electron chi connectivity index (χ0n) is 21.8. The lowest BCUT2D eigenvalue weighted by Gasteiger charge is -2.35. The number of alkyl halides is 1. The molecule has 0 spiro atoms. The molecule has 1 aliphatic heterocycles. The van der Waals surface area contributed by atoms with E-state index in [-0.39, 0.29) is 40.4 Å². The van der Waals surface area contributed by atoms with Gasteiger partial charge in [0.1, 0.15) is 24.1 Å². The lowest BCUT2D eigenvalue weighted by molar-refractivity contribution is 0.0998. The van der Waals surface area contributed by atoms with E-state index in [1.54, 1.807) is 12.1 Å². The van der Waals surface area contributed by atoms with Crippen LogP contribution in [0.2, 0.25) is 0 Å². The molecule has 13 heteroatoms. The Morgan fingerprint density at radius 2 is 1.85 bits per heavy atom. The Hall–Kier alpha value is -3.87. The van der Waals surface area contributed by atoms with Crippen molar-refractivity contribution in [3.05, 3.63) is 47.8 Å². The summed E-state index contributed by atoms with van der Waals surface area (Å²) >= 11 is 0. The molecule has 0 unspecified atom stereocenters. The normalized spacial score (nSPS) is 14.3. The third-order valence-electron chi connectivity index (χ3n) is 6.52. The molecule has 3 aromatic rings. The van der Waals surface area contributed by atoms with E-state index in [2.05, 4.69) is 5.10 Å². The highest BCUT2D eigenvalue weighted by Gasteiger charge is 2.30. The van der Waals surface area contributed by atoms with Crippen molar-refractivity contribution in [2.24, 2.45) is 5.73 Å². The van der Waals surface area contributed by atoms with E-state index in [9.17, 15) is 22.0 Å². The molecule has 39 heavy (non-hydrogen) atoms. The molecule has 0 saturated carbocycles. The van der Waals surface area contributed by atoms with Crippen LogP contribution >= 0.6 is 0 Å². The summed E-state index contributed by atoms with van der Waals surface area (Å²) < 4.78 is 70.1. The minimum Gasteiger partial charge on any atom is -0.497 e. The molecular weight excluding hydrogens is 534 g/mol. The lowest BCUT2D eigenvalue weighted by Crippen LogP contribution is -2.38. The maximum atomic E-state index is 14.4. The number of hydrogen-bond acceptors (Lipinski definition) is 8. The zero-order valence-corrected chi connectivity index (χ0v) is 22.6. The summed E-state index contributed by atoms with van der Waals surface area (Å²) in [7, 11) is -0.863. The van der Waals surface area contributed by atoms with Crippen molar-refractivity contribution in [2.75, 3.05) is 45.1 Å². The number of benzene rings is 2. The molecule has 0 bridgehead atoms. The number of nitrogens with zero attached hydrogens (tertiary/aromatic N) is 3. The molecule has 4 rings (SSSR count). The van der Waals surface area contributed by atoms with Crippen LogP contribution < -0.4 is 24.8 Å². The third kappa shape index (κ3) is 5.92. The number of aromatic nitrogens is 2. The van der Waals surface area contributed by atoms with Gasteiger partial charge >= 0.3 is 0 Å². The van der Waals surface area contributed by atoms with Crippen LogP contribution in [0.15, 0.2) is 41.3 Å². The minimum atomic E-state index is -3.62. The molecule has 0 aliphatic carbocycles. The molecule has 1 aliphatic rings. The molecule has 1 fully saturated rings. The predicted octanol–water partition coefficient (Wildman–Crippen LogP) is 3.23. The molecule has 2 heterocycles. The van der Waals surface area contributed by atoms with Gasteiger partial charge in [-0.3, -0.25) is 9.48 Å². The first-order valence-electron chi connectivity index (χ1n) is 12.2. The quantitative estimate of drug-likeness (QED) is 0.398. The maximum absolute atomic E-state index is 14.4. The molecule has 0 radical (unpaired) electrons. The van der Waals surface area contributed by atoms with Crippen molar-refractivity contribution >= 4 is 21.4 Å². The van der Waals surface area contributed by atoms with Crippen molar-refractivity contribution in [3.63, 3.8) is 0 Å². The summed E-state index contributed by atoms with van der Waals surface area (Å²) in [5, 5.41) is 4.19. The van der Waals surface area contributed by atoms with Crippen molar-refractivity contribution in [3.8, 4) is 28.6 Å². The second-order valence-electron chi connectivity index (χ2n) is 9.06. The van der Waals surface area contributed by atoms with Crippen molar-refractivity contribution in [1.29, 1.82) is 0 Å². The highest BCUT2D eigenvalue weighted by molar-refractivity contribution is 7.90. The number of hydrogen-bond donors (Lipinski definition) is 1. The van der Waals surface area contributed by atoms with Gasteiger partial charge in [0.25, 0.3) is 5.91 Å². The van der Waals surface area contributed by atoms with Gasteiger partial charge in [-0.1, -0.05) is 0 Å². The summed E-state index contributed by atoms with van der Waals surface area (Å²) in [6, 6.07) is 8.94. The fraction of sp³-hybridized carbons (Fsp3) is 0.385. The Morgan fingerprint density at radius 1 is 1.13 bits per heavy atom. The zero-order chi connectivity index (χ0) is 28.3. The van der Waals surface area contributed by atoms with Gasteiger partial charge in [-0.2, -0.15) is 0 Å². The Balaban J connectivity index is 1.70. The largest absolute Gasteiger partial charge is 0.497 e. The van der Waals surface area contributed by atoms with E-state index in [1.165, 1.54) is 43.2 Å². The van der Waals surface area contributed by atoms with Crippen molar-refractivity contribution in [2.45, 2.75) is 30.4 Å². The number of methoxy groups -OCH3 is 2. The summed E-state index contributed by atoms with van der Waals surface area (Å²) in [6.07, 6.45) is 1.88. The fourth-order valence-electron chi connectivity index (χ4n) is 4.63. The molecule has 10 nitrogen and oxygen atoms in total. The SMILES string of the molecule is COc1ccc(OC2CCN(c3ccc(S(C)(=O)=O)cc3-c3c(C(N)=O)c(OC)nn3CCF)CC2)c(F)c1. The first kappa shape index (κ1) is 28.1. The molecule has 2 aromatic carbocycles. The minimum absolute atomic E-state index is 0.0110. The van der Waals surface area contributed by atoms with Gasteiger partial charge in [0, 0.05) is 49.5 Å². The smallest absolute Gasteiger partial charge is 0.256 e. The summed E-state index contributed by atoms with van der Waals surface area (Å²) in [6.45, 7) is -0.0332. The van der Waals surface area contributed by atoms with Crippen molar-refractivity contribution < 1.29 is 36.2 Å². The number of carbonyl (C=O) groups excluding carboxylic acids is 1. The Morgan fingerprint density at radius 3 is 2.41 bits per heavy atom. The number of nitrogens with two attached hydrogens (primary N) is 1. The average molecular weight is 565 g/mol. The third-order valence-corrected chi connectivity index (χ3v) is 7.63. The van der Waals surface area contributed by atoms with E-state index in [4.69, 9.17) is 19.9 Å². The monoisotopic (exact) mass is 564 g/mol. The van der Waals surface area contributed by atoms with E-state index in [0.717, 1.165) is 6.26 Å². The Labute approximate surface area is 225 Å². The lowest BCUT2D eigenvalue weighted by atomic mass is 10.0. The average Bonchev–Trinajstić information content (AvgIpc) is 3.28. The van der Waals surface area contributed by atoms with Crippen LogP contribution in [0.5, 0.6) is 17.4 Å². The first-order valence-corrected chi connectivity index (χ1v) is 14.1. The molecule has 1 saturated heterocycles. The second kappa shape index (κ2) is 11.5. The first-order chi connectivity index (χ1) is 18.6. The van der Waals surface area contributed by atoms with Gasteiger partial charge in [-0.15, -0.1) is 5.10 Å². The van der Waals surface area contributed by atoms with Gasteiger partial charge < -0.3 is 24.8 Å². The number of ether oxygens (including phenoxy) is 3. The second-order valence-corrected chi connectivity index (χ2v) is 11.1. The van der Waals surface area contributed by atoms with Gasteiger partial charge in [0.15, 0.2) is 21.4 Å². The van der Waals surface area contributed by atoms with Crippen LogP contribution in [0.4, 0.5) is 14.5 Å². The number of piperidine rings is 1. The van der Waals surface area contributed by atoms with Crippen LogP contribution in [-0.4, -0.2) is 70.4 Å². The molecule has 210 valence electrons. The summed E-state index contributed by atoms with van der Waals surface area (Å²) in [5.74, 6) is -0.949. The number of carbonyl (C=O) groups is 1. The topological polar surface area (TPSA) is 126 Å². The Bertz CT molecular complexity index is 1470. The Kier molecular flexibility index (Phi) is 8.28. The number of aryl methyl sites for hydroxylation is 1. The van der Waals surface area contributed by atoms with Crippen LogP contribution in [0.1, 0.15) is 23.2 Å². The number of halogens is 2. The fourth-order valence-corrected chi connectivity index (χ4v) is 5.28. The van der Waals surface area contributed by atoms with Crippen molar-refractivity contribution in [1.82, 2.24) is 9.78 Å². The number of anilines is 1. The summed E-state index contributed by atoms with van der Waals surface area (Å²) in [4.78, 5) is 14.5. The molecule has 1 aromatic heterocycles. The van der Waals surface area contributed by atoms with E-state index in [1.807, 2.05) is 4.90 Å². The predicted molar refractivity (Wildman–Crippen MR) is 141 cm³/mol. The number of amides is 1. The highest BCUT2D eigenvalue weighted by atomic mass is 32.2. The van der Waals surface area contributed by atoms with E-state index < -0.39 is 28.2 Å². The van der Waals surface area contributed by atoms with Crippen LogP contribution in [0.3, 0.4) is 0 Å². The van der Waals surface area contributed by atoms with Gasteiger partial charge in [-0.25, -0.2) is 17.2 Å². The molecule has 1 amide bonds. The van der Waals surface area contributed by atoms with E-state index in [0.29, 0.717) is 42.9 Å². The van der Waals surface area contributed by atoms with Gasteiger partial charge in [0.05, 0.1) is 31.4 Å². The maximum Gasteiger partial charge on any atom is 0.256 e. The van der Waals surface area contributed by atoms with Crippen LogP contribution in [0.25, 0.3) is 11.3 Å². The number of rotatable bonds is 10. The highest BCUT2D eigenvalue weighted by Crippen LogP contribution is 2.39. The molecule has 0 atom stereocenters. The van der Waals surface area contributed by atoms with Gasteiger partial charge in [-0.05, 0) is 30.3 Å². The number of sulfone groups is 1. The molecule has 2 N–H and O–H groups in total. The van der Waals surface area contributed by atoms with Crippen LogP contribution in [-0.2, 0) is 16.4 Å². The van der Waals surface area contributed by atoms with Gasteiger partial charge in [0.2, 0.25) is 5.88 Å².